The molecule has 0 saturated carbocycles. The minimum atomic E-state index is -0.780. The quantitative estimate of drug-likeness (QED) is 0.729. The fraction of sp³-hybridized carbons (Fsp3) is 0.500. The number of aliphatic hydroxyl groups excluding tert-OH is 1. The summed E-state index contributed by atoms with van der Waals surface area (Å²) >= 11 is 0. The summed E-state index contributed by atoms with van der Waals surface area (Å²) in [6.07, 6.45) is 3.91. The number of rotatable bonds is 5. The summed E-state index contributed by atoms with van der Waals surface area (Å²) in [5, 5.41) is 19.5. The van der Waals surface area contributed by atoms with Gasteiger partial charge in [-0.2, -0.15) is 10.2 Å². The average molecular weight is 381 g/mol. The van der Waals surface area contributed by atoms with Crippen LogP contribution in [0.2, 0.25) is 0 Å². The minimum Gasteiger partial charge on any atom is -0.380 e. The SMILES string of the molecule is CCCc1cc(N2CCCn3nc([C@H](O)c4ccnn4C)cc3C2)nc(C)n1. The third-order valence-corrected chi connectivity index (χ3v) is 5.16. The van der Waals surface area contributed by atoms with Gasteiger partial charge >= 0.3 is 0 Å². The van der Waals surface area contributed by atoms with Gasteiger partial charge in [-0.3, -0.25) is 9.36 Å². The Bertz CT molecular complexity index is 961. The highest BCUT2D eigenvalue weighted by Gasteiger charge is 2.23. The summed E-state index contributed by atoms with van der Waals surface area (Å²) in [7, 11) is 1.83. The molecule has 0 aliphatic carbocycles. The van der Waals surface area contributed by atoms with Crippen molar-refractivity contribution in [3.63, 3.8) is 0 Å². The fourth-order valence-electron chi connectivity index (χ4n) is 3.78. The Kier molecular flexibility index (Phi) is 5.13. The first-order valence-corrected chi connectivity index (χ1v) is 9.87. The first kappa shape index (κ1) is 18.6. The highest BCUT2D eigenvalue weighted by molar-refractivity contribution is 5.41. The van der Waals surface area contributed by atoms with Crippen molar-refractivity contribution in [3.05, 3.63) is 53.0 Å². The van der Waals surface area contributed by atoms with Crippen LogP contribution in [0, 0.1) is 6.92 Å². The maximum atomic E-state index is 10.7. The number of nitrogens with zero attached hydrogens (tertiary/aromatic N) is 7. The number of hydrogen-bond donors (Lipinski definition) is 1. The maximum absolute atomic E-state index is 10.7. The fourth-order valence-corrected chi connectivity index (χ4v) is 3.78. The van der Waals surface area contributed by atoms with Gasteiger partial charge < -0.3 is 10.0 Å². The second-order valence-corrected chi connectivity index (χ2v) is 7.36. The smallest absolute Gasteiger partial charge is 0.139 e. The van der Waals surface area contributed by atoms with E-state index in [1.165, 1.54) is 0 Å². The highest BCUT2D eigenvalue weighted by atomic mass is 16.3. The van der Waals surface area contributed by atoms with Crippen molar-refractivity contribution in [2.24, 2.45) is 7.05 Å². The third-order valence-electron chi connectivity index (χ3n) is 5.16. The Labute approximate surface area is 164 Å². The van der Waals surface area contributed by atoms with Crippen LogP contribution in [0.15, 0.2) is 24.4 Å². The van der Waals surface area contributed by atoms with Gasteiger partial charge in [0, 0.05) is 38.1 Å². The lowest BCUT2D eigenvalue weighted by atomic mass is 10.2. The van der Waals surface area contributed by atoms with Crippen molar-refractivity contribution in [2.45, 2.75) is 52.3 Å². The molecule has 0 aromatic carbocycles. The molecule has 0 fully saturated rings. The van der Waals surface area contributed by atoms with Crippen molar-refractivity contribution >= 4 is 5.82 Å². The van der Waals surface area contributed by atoms with E-state index in [-0.39, 0.29) is 0 Å². The van der Waals surface area contributed by atoms with Gasteiger partial charge in [-0.15, -0.1) is 0 Å². The maximum Gasteiger partial charge on any atom is 0.139 e. The van der Waals surface area contributed by atoms with Crippen LogP contribution in [0.4, 0.5) is 5.82 Å². The molecule has 4 heterocycles. The number of anilines is 1. The molecule has 0 amide bonds. The van der Waals surface area contributed by atoms with Crippen molar-refractivity contribution in [1.82, 2.24) is 29.5 Å². The van der Waals surface area contributed by atoms with E-state index in [2.05, 4.69) is 38.1 Å². The molecule has 0 bridgehead atoms. The molecule has 1 aliphatic heterocycles. The predicted molar refractivity (Wildman–Crippen MR) is 106 cm³/mol. The molecular weight excluding hydrogens is 354 g/mol. The van der Waals surface area contributed by atoms with Crippen LogP contribution in [0.3, 0.4) is 0 Å². The molecule has 0 radical (unpaired) electrons. The van der Waals surface area contributed by atoms with E-state index in [1.54, 1.807) is 10.9 Å². The molecule has 8 nitrogen and oxygen atoms in total. The summed E-state index contributed by atoms with van der Waals surface area (Å²) in [5.74, 6) is 1.78. The molecule has 4 rings (SSSR count). The molecule has 1 atom stereocenters. The highest BCUT2D eigenvalue weighted by Crippen LogP contribution is 2.25. The number of fused-ring (bicyclic) bond motifs is 1. The number of aryl methyl sites for hydroxylation is 4. The van der Waals surface area contributed by atoms with Gasteiger partial charge in [0.2, 0.25) is 0 Å². The van der Waals surface area contributed by atoms with E-state index in [9.17, 15) is 5.11 Å². The first-order valence-electron chi connectivity index (χ1n) is 9.87. The molecule has 0 unspecified atom stereocenters. The lowest BCUT2D eigenvalue weighted by Crippen LogP contribution is -2.24. The first-order chi connectivity index (χ1) is 13.5. The summed E-state index contributed by atoms with van der Waals surface area (Å²) in [6, 6.07) is 5.92. The second kappa shape index (κ2) is 7.71. The van der Waals surface area contributed by atoms with Crippen molar-refractivity contribution < 1.29 is 5.11 Å². The molecule has 8 heteroatoms. The van der Waals surface area contributed by atoms with E-state index >= 15 is 0 Å². The van der Waals surface area contributed by atoms with Crippen molar-refractivity contribution in [2.75, 3.05) is 11.4 Å². The van der Waals surface area contributed by atoms with Crippen molar-refractivity contribution in [1.29, 1.82) is 0 Å². The average Bonchev–Trinajstić information content (AvgIpc) is 3.21. The van der Waals surface area contributed by atoms with Crippen LogP contribution in [0.1, 0.15) is 54.5 Å². The van der Waals surface area contributed by atoms with Crippen LogP contribution < -0.4 is 4.90 Å². The Hall–Kier alpha value is -2.74. The van der Waals surface area contributed by atoms with Crippen LogP contribution >= 0.6 is 0 Å². The van der Waals surface area contributed by atoms with Crippen LogP contribution in [0.5, 0.6) is 0 Å². The second-order valence-electron chi connectivity index (χ2n) is 7.36. The normalized spacial score (nSPS) is 15.4. The molecule has 1 N–H and O–H groups in total. The van der Waals surface area contributed by atoms with Gasteiger partial charge in [0.05, 0.1) is 23.6 Å². The summed E-state index contributed by atoms with van der Waals surface area (Å²) in [5.41, 5.74) is 3.57. The topological polar surface area (TPSA) is 84.9 Å². The lowest BCUT2D eigenvalue weighted by Gasteiger charge is -2.22. The summed E-state index contributed by atoms with van der Waals surface area (Å²) in [6.45, 7) is 6.58. The van der Waals surface area contributed by atoms with Gasteiger partial charge in [-0.25, -0.2) is 9.97 Å². The largest absolute Gasteiger partial charge is 0.380 e. The zero-order valence-corrected chi connectivity index (χ0v) is 16.7. The monoisotopic (exact) mass is 381 g/mol. The van der Waals surface area contributed by atoms with Gasteiger partial charge in [0.1, 0.15) is 17.7 Å². The Morgan fingerprint density at radius 1 is 1.21 bits per heavy atom. The van der Waals surface area contributed by atoms with Gasteiger partial charge in [0.25, 0.3) is 0 Å². The lowest BCUT2D eigenvalue weighted by molar-refractivity contribution is 0.203. The summed E-state index contributed by atoms with van der Waals surface area (Å²) in [4.78, 5) is 11.5. The van der Waals surface area contributed by atoms with Crippen LogP contribution in [-0.2, 0) is 26.6 Å². The van der Waals surface area contributed by atoms with E-state index in [1.807, 2.05) is 30.8 Å². The van der Waals surface area contributed by atoms with Gasteiger partial charge in [-0.1, -0.05) is 13.3 Å². The molecule has 0 saturated heterocycles. The predicted octanol–water partition coefficient (Wildman–Crippen LogP) is 2.16. The zero-order valence-electron chi connectivity index (χ0n) is 16.7. The third kappa shape index (κ3) is 3.64. The van der Waals surface area contributed by atoms with E-state index < -0.39 is 6.10 Å². The summed E-state index contributed by atoms with van der Waals surface area (Å²) < 4.78 is 3.69. The molecule has 0 spiro atoms. The van der Waals surface area contributed by atoms with Gasteiger partial charge in [-0.05, 0) is 31.9 Å². The van der Waals surface area contributed by atoms with E-state index in [0.29, 0.717) is 12.2 Å². The Balaban J connectivity index is 1.60. The van der Waals surface area contributed by atoms with E-state index in [0.717, 1.165) is 61.1 Å². The standard InChI is InChI=1S/C20H27N7O/c1-4-6-15-11-19(23-14(2)22-15)26-9-5-10-27-16(13-26)12-17(24-27)20(28)18-7-8-21-25(18)3/h7-8,11-12,20,28H,4-6,9-10,13H2,1-3H3/t20-/m0/s1. The molecule has 3 aromatic heterocycles. The zero-order chi connectivity index (χ0) is 19.7. The molecule has 28 heavy (non-hydrogen) atoms. The Morgan fingerprint density at radius 2 is 2.07 bits per heavy atom. The van der Waals surface area contributed by atoms with Crippen LogP contribution in [-0.4, -0.2) is 41.2 Å². The molecule has 1 aliphatic rings. The minimum absolute atomic E-state index is 0.658. The molecule has 148 valence electrons. The van der Waals surface area contributed by atoms with Crippen LogP contribution in [0.25, 0.3) is 0 Å². The molecular formula is C20H27N7O. The Morgan fingerprint density at radius 3 is 2.82 bits per heavy atom. The number of aliphatic hydroxyl groups is 1. The molecule has 3 aromatic rings. The number of hydrogen-bond acceptors (Lipinski definition) is 6. The number of aromatic nitrogens is 6. The van der Waals surface area contributed by atoms with Crippen molar-refractivity contribution in [3.8, 4) is 0 Å². The van der Waals surface area contributed by atoms with Gasteiger partial charge in [0.15, 0.2) is 0 Å². The van der Waals surface area contributed by atoms with E-state index in [4.69, 9.17) is 0 Å².